The molecule has 0 atom stereocenters. The van der Waals surface area contributed by atoms with Crippen LogP contribution in [-0.2, 0) is 6.54 Å². The molecule has 4 aromatic heterocycles. The van der Waals surface area contributed by atoms with E-state index in [0.717, 1.165) is 37.4 Å². The Labute approximate surface area is 153 Å². The first-order chi connectivity index (χ1) is 12.3. The third-order valence-corrected chi connectivity index (χ3v) is 4.93. The van der Waals surface area contributed by atoms with Gasteiger partial charge in [-0.25, -0.2) is 0 Å². The van der Waals surface area contributed by atoms with E-state index in [1.165, 1.54) is 0 Å². The molecule has 5 nitrogen and oxygen atoms in total. The molecule has 4 heterocycles. The van der Waals surface area contributed by atoms with Gasteiger partial charge in [-0.15, -0.1) is 11.3 Å². The highest BCUT2D eigenvalue weighted by Crippen LogP contribution is 2.26. The quantitative estimate of drug-likeness (QED) is 0.528. The summed E-state index contributed by atoms with van der Waals surface area (Å²) in [7, 11) is 0. The first-order valence-electron chi connectivity index (χ1n) is 7.67. The Bertz CT molecular complexity index is 980. The molecule has 0 unspecified atom stereocenters. The molecule has 0 saturated heterocycles. The van der Waals surface area contributed by atoms with E-state index in [0.29, 0.717) is 6.54 Å². The van der Waals surface area contributed by atoms with Gasteiger partial charge < -0.3 is 5.32 Å². The summed E-state index contributed by atoms with van der Waals surface area (Å²) in [4.78, 5) is 9.65. The van der Waals surface area contributed by atoms with Crippen molar-refractivity contribution in [1.29, 1.82) is 0 Å². The zero-order chi connectivity index (χ0) is 17.1. The fourth-order valence-electron chi connectivity index (χ4n) is 2.46. The summed E-state index contributed by atoms with van der Waals surface area (Å²) in [6.45, 7) is 0.690. The van der Waals surface area contributed by atoms with Gasteiger partial charge in [0.25, 0.3) is 0 Å². The van der Waals surface area contributed by atoms with Gasteiger partial charge in [0.1, 0.15) is 5.82 Å². The van der Waals surface area contributed by atoms with E-state index in [1.807, 2.05) is 48.9 Å². The Morgan fingerprint density at radius 2 is 1.88 bits per heavy atom. The van der Waals surface area contributed by atoms with Gasteiger partial charge in [-0.1, -0.05) is 17.7 Å². The number of halogens is 1. The predicted octanol–water partition coefficient (Wildman–Crippen LogP) is 4.86. The van der Waals surface area contributed by atoms with Crippen molar-refractivity contribution in [3.05, 3.63) is 70.4 Å². The number of aromatic nitrogens is 4. The molecule has 0 aromatic carbocycles. The number of anilines is 1. The van der Waals surface area contributed by atoms with E-state index in [1.54, 1.807) is 17.5 Å². The van der Waals surface area contributed by atoms with Crippen LogP contribution in [0.3, 0.4) is 0 Å². The van der Waals surface area contributed by atoms with Gasteiger partial charge in [-0.2, -0.15) is 5.10 Å². The van der Waals surface area contributed by atoms with E-state index in [4.69, 9.17) is 11.6 Å². The van der Waals surface area contributed by atoms with E-state index < -0.39 is 0 Å². The van der Waals surface area contributed by atoms with Gasteiger partial charge in [-0.05, 0) is 24.3 Å². The Balaban J connectivity index is 1.52. The van der Waals surface area contributed by atoms with Crippen molar-refractivity contribution in [2.45, 2.75) is 6.54 Å². The smallest absolute Gasteiger partial charge is 0.148 e. The maximum absolute atomic E-state index is 5.95. The lowest BCUT2D eigenvalue weighted by Gasteiger charge is -2.02. The minimum atomic E-state index is 0.690. The average Bonchev–Trinajstić information content (AvgIpc) is 3.30. The van der Waals surface area contributed by atoms with Gasteiger partial charge in [0.2, 0.25) is 0 Å². The van der Waals surface area contributed by atoms with E-state index in [9.17, 15) is 0 Å². The van der Waals surface area contributed by atoms with E-state index in [2.05, 4.69) is 31.5 Å². The summed E-state index contributed by atoms with van der Waals surface area (Å²) < 4.78 is 0.790. The number of hydrogen-bond acceptors (Lipinski definition) is 5. The molecule has 0 radical (unpaired) electrons. The summed E-state index contributed by atoms with van der Waals surface area (Å²) in [5.74, 6) is 0.784. The highest BCUT2D eigenvalue weighted by Gasteiger charge is 2.07. The monoisotopic (exact) mass is 367 g/mol. The normalized spacial score (nSPS) is 10.8. The molecule has 0 bridgehead atoms. The second kappa shape index (κ2) is 7.04. The lowest BCUT2D eigenvalue weighted by molar-refractivity contribution is 1.06. The molecule has 25 heavy (non-hydrogen) atoms. The summed E-state index contributed by atoms with van der Waals surface area (Å²) in [5, 5.41) is 10.7. The molecule has 2 N–H and O–H groups in total. The minimum absolute atomic E-state index is 0.690. The van der Waals surface area contributed by atoms with E-state index in [-0.39, 0.29) is 0 Å². The molecule has 124 valence electrons. The van der Waals surface area contributed by atoms with Crippen molar-refractivity contribution in [2.24, 2.45) is 0 Å². The van der Waals surface area contributed by atoms with Gasteiger partial charge in [0.15, 0.2) is 0 Å². The second-order valence-corrected chi connectivity index (χ2v) is 7.23. The fraction of sp³-hybridized carbons (Fsp3) is 0.0556. The van der Waals surface area contributed by atoms with Crippen LogP contribution in [-0.4, -0.2) is 20.2 Å². The molecule has 0 aliphatic carbocycles. The highest BCUT2D eigenvalue weighted by molar-refractivity contribution is 7.16. The van der Waals surface area contributed by atoms with Crippen LogP contribution in [0.4, 0.5) is 5.82 Å². The summed E-state index contributed by atoms with van der Waals surface area (Å²) in [6.07, 6.45) is 7.23. The lowest BCUT2D eigenvalue weighted by Crippen LogP contribution is -1.97. The van der Waals surface area contributed by atoms with Crippen LogP contribution in [0, 0.1) is 0 Å². The lowest BCUT2D eigenvalue weighted by atomic mass is 10.1. The highest BCUT2D eigenvalue weighted by atomic mass is 35.5. The molecule has 0 amide bonds. The Hall–Kier alpha value is -2.70. The molecule has 4 aromatic rings. The topological polar surface area (TPSA) is 66.5 Å². The molecular formula is C18H14ClN5S. The van der Waals surface area contributed by atoms with Gasteiger partial charge in [0.05, 0.1) is 16.6 Å². The maximum Gasteiger partial charge on any atom is 0.148 e. The molecule has 0 spiro atoms. The van der Waals surface area contributed by atoms with E-state index >= 15 is 0 Å². The standard InChI is InChI=1S/C18H14ClN5S/c19-17-4-3-15(25-17)11-22-18-7-16(23-24-18)14-6-13(9-21-10-14)12-2-1-5-20-8-12/h1-10H,11H2,(H2,22,23,24). The first kappa shape index (κ1) is 15.8. The number of nitrogens with zero attached hydrogens (tertiary/aromatic N) is 3. The number of hydrogen-bond donors (Lipinski definition) is 2. The van der Waals surface area contributed by atoms with Crippen LogP contribution in [0.2, 0.25) is 4.34 Å². The first-order valence-corrected chi connectivity index (χ1v) is 8.87. The molecule has 0 saturated carbocycles. The molecule has 7 heteroatoms. The fourth-order valence-corrected chi connectivity index (χ4v) is 3.49. The third kappa shape index (κ3) is 3.70. The zero-order valence-corrected chi connectivity index (χ0v) is 14.7. The van der Waals surface area contributed by atoms with Gasteiger partial charge >= 0.3 is 0 Å². The van der Waals surface area contributed by atoms with Crippen molar-refractivity contribution in [2.75, 3.05) is 5.32 Å². The number of aromatic amines is 1. The number of rotatable bonds is 5. The minimum Gasteiger partial charge on any atom is -0.364 e. The molecule has 0 fully saturated rings. The number of H-pyrrole nitrogens is 1. The van der Waals surface area contributed by atoms with Crippen LogP contribution in [0.5, 0.6) is 0 Å². The number of pyridine rings is 2. The average molecular weight is 368 g/mol. The van der Waals surface area contributed by atoms with Gasteiger partial charge in [-0.3, -0.25) is 15.1 Å². The molecule has 4 rings (SSSR count). The van der Waals surface area contributed by atoms with Crippen LogP contribution >= 0.6 is 22.9 Å². The Morgan fingerprint density at radius 1 is 1.00 bits per heavy atom. The van der Waals surface area contributed by atoms with Crippen molar-refractivity contribution in [1.82, 2.24) is 20.2 Å². The van der Waals surface area contributed by atoms with Crippen LogP contribution in [0.25, 0.3) is 22.4 Å². The van der Waals surface area contributed by atoms with Crippen molar-refractivity contribution in [3.63, 3.8) is 0 Å². The Kier molecular flexibility index (Phi) is 4.45. The van der Waals surface area contributed by atoms with Crippen LogP contribution < -0.4 is 5.32 Å². The molecule has 0 aliphatic rings. The summed E-state index contributed by atoms with van der Waals surface area (Å²) >= 11 is 7.51. The Morgan fingerprint density at radius 3 is 2.68 bits per heavy atom. The van der Waals surface area contributed by atoms with Crippen molar-refractivity contribution >= 4 is 28.8 Å². The maximum atomic E-state index is 5.95. The van der Waals surface area contributed by atoms with Gasteiger partial charge in [0, 0.05) is 52.4 Å². The summed E-state index contributed by atoms with van der Waals surface area (Å²) in [6, 6.07) is 11.9. The van der Waals surface area contributed by atoms with Crippen LogP contribution in [0.1, 0.15) is 4.88 Å². The summed E-state index contributed by atoms with van der Waals surface area (Å²) in [5.41, 5.74) is 3.93. The predicted molar refractivity (Wildman–Crippen MR) is 102 cm³/mol. The number of nitrogens with one attached hydrogen (secondary N) is 2. The second-order valence-electron chi connectivity index (χ2n) is 5.43. The van der Waals surface area contributed by atoms with Crippen LogP contribution in [0.15, 0.2) is 61.2 Å². The SMILES string of the molecule is Clc1ccc(CNc2cc(-c3cncc(-c4cccnc4)c3)[nH]n2)s1. The molecular weight excluding hydrogens is 354 g/mol. The molecule has 0 aliphatic heterocycles. The largest absolute Gasteiger partial charge is 0.364 e. The third-order valence-electron chi connectivity index (χ3n) is 3.69. The zero-order valence-electron chi connectivity index (χ0n) is 13.1. The van der Waals surface area contributed by atoms with Crippen molar-refractivity contribution < 1.29 is 0 Å². The van der Waals surface area contributed by atoms with Crippen molar-refractivity contribution in [3.8, 4) is 22.4 Å². The number of thiophene rings is 1.